The van der Waals surface area contributed by atoms with Crippen LogP contribution in [-0.4, -0.2) is 59.5 Å². The average Bonchev–Trinajstić information content (AvgIpc) is 2.66. The molecule has 0 saturated carbocycles. The van der Waals surface area contributed by atoms with Crippen molar-refractivity contribution in [2.75, 3.05) is 32.7 Å². The van der Waals surface area contributed by atoms with E-state index in [-0.39, 0.29) is 12.5 Å². The number of hydrogen-bond acceptors (Lipinski definition) is 3. The molecule has 0 bridgehead atoms. The van der Waals surface area contributed by atoms with Gasteiger partial charge in [0.1, 0.15) is 5.82 Å². The Morgan fingerprint density at radius 2 is 2.00 bits per heavy atom. The van der Waals surface area contributed by atoms with E-state index in [9.17, 15) is 14.0 Å². The Balaban J connectivity index is 2.06. The zero-order chi connectivity index (χ0) is 15.4. The molecular formula is C14H16BrFN2O3. The lowest BCUT2D eigenvalue weighted by Gasteiger charge is -2.21. The molecule has 0 radical (unpaired) electrons. The summed E-state index contributed by atoms with van der Waals surface area (Å²) in [6.45, 7) is 2.10. The second-order valence-electron chi connectivity index (χ2n) is 4.94. The van der Waals surface area contributed by atoms with Crippen molar-refractivity contribution in [2.24, 2.45) is 0 Å². The second-order valence-corrected chi connectivity index (χ2v) is 5.79. The topological polar surface area (TPSA) is 60.9 Å². The van der Waals surface area contributed by atoms with Gasteiger partial charge < -0.3 is 10.0 Å². The number of amides is 1. The van der Waals surface area contributed by atoms with Gasteiger partial charge in [-0.15, -0.1) is 0 Å². The fourth-order valence-electron chi connectivity index (χ4n) is 2.36. The quantitative estimate of drug-likeness (QED) is 0.895. The van der Waals surface area contributed by atoms with Crippen LogP contribution in [-0.2, 0) is 4.79 Å². The Hall–Kier alpha value is -1.47. The van der Waals surface area contributed by atoms with Gasteiger partial charge in [0.15, 0.2) is 0 Å². The van der Waals surface area contributed by atoms with Crippen LogP contribution in [0.3, 0.4) is 0 Å². The van der Waals surface area contributed by atoms with Crippen molar-refractivity contribution >= 4 is 27.8 Å². The van der Waals surface area contributed by atoms with Gasteiger partial charge in [0.2, 0.25) is 0 Å². The molecule has 1 N–H and O–H groups in total. The van der Waals surface area contributed by atoms with E-state index >= 15 is 0 Å². The summed E-state index contributed by atoms with van der Waals surface area (Å²) in [6.07, 6.45) is 0.700. The van der Waals surface area contributed by atoms with Crippen molar-refractivity contribution in [1.82, 2.24) is 9.80 Å². The summed E-state index contributed by atoms with van der Waals surface area (Å²) >= 11 is 3.26. The van der Waals surface area contributed by atoms with Gasteiger partial charge in [0.05, 0.1) is 12.1 Å². The highest BCUT2D eigenvalue weighted by Crippen LogP contribution is 2.20. The molecule has 114 valence electrons. The highest BCUT2D eigenvalue weighted by molar-refractivity contribution is 9.10. The zero-order valence-corrected chi connectivity index (χ0v) is 13.0. The molecule has 1 aliphatic rings. The van der Waals surface area contributed by atoms with Crippen LogP contribution in [0.1, 0.15) is 16.8 Å². The van der Waals surface area contributed by atoms with E-state index in [2.05, 4.69) is 15.9 Å². The van der Waals surface area contributed by atoms with Crippen molar-refractivity contribution < 1.29 is 19.1 Å². The first kappa shape index (κ1) is 15.9. The SMILES string of the molecule is O=C(O)CN1CCCN(C(=O)c2cc(F)ccc2Br)CC1. The molecule has 1 aromatic carbocycles. The van der Waals surface area contributed by atoms with Crippen LogP contribution in [0.4, 0.5) is 4.39 Å². The number of nitrogens with zero attached hydrogens (tertiary/aromatic N) is 2. The van der Waals surface area contributed by atoms with Crippen molar-refractivity contribution in [3.05, 3.63) is 34.1 Å². The third kappa shape index (κ3) is 4.25. The molecular weight excluding hydrogens is 343 g/mol. The lowest BCUT2D eigenvalue weighted by molar-refractivity contribution is -0.138. The Bertz CT molecular complexity index is 553. The molecule has 0 aromatic heterocycles. The van der Waals surface area contributed by atoms with E-state index in [4.69, 9.17) is 5.11 Å². The normalized spacial score (nSPS) is 16.6. The maximum atomic E-state index is 13.3. The van der Waals surface area contributed by atoms with E-state index in [1.165, 1.54) is 18.2 Å². The molecule has 0 atom stereocenters. The first-order valence-corrected chi connectivity index (χ1v) is 7.45. The van der Waals surface area contributed by atoms with Gasteiger partial charge >= 0.3 is 5.97 Å². The standard InChI is InChI=1S/C14H16BrFN2O3/c15-12-3-2-10(16)8-11(12)14(21)18-5-1-4-17(6-7-18)9-13(19)20/h2-3,8H,1,4-7,9H2,(H,19,20). The summed E-state index contributed by atoms with van der Waals surface area (Å²) in [5.74, 6) is -1.56. The van der Waals surface area contributed by atoms with Gasteiger partial charge in [-0.3, -0.25) is 14.5 Å². The highest BCUT2D eigenvalue weighted by Gasteiger charge is 2.22. The lowest BCUT2D eigenvalue weighted by Crippen LogP contribution is -2.36. The summed E-state index contributed by atoms with van der Waals surface area (Å²) in [5.41, 5.74) is 0.293. The molecule has 21 heavy (non-hydrogen) atoms. The molecule has 1 heterocycles. The number of rotatable bonds is 3. The van der Waals surface area contributed by atoms with Crippen LogP contribution in [0.25, 0.3) is 0 Å². The fourth-order valence-corrected chi connectivity index (χ4v) is 2.77. The van der Waals surface area contributed by atoms with Crippen molar-refractivity contribution in [1.29, 1.82) is 0 Å². The first-order valence-electron chi connectivity index (χ1n) is 6.66. The van der Waals surface area contributed by atoms with E-state index in [1.807, 2.05) is 0 Å². The molecule has 5 nitrogen and oxygen atoms in total. The average molecular weight is 359 g/mol. The van der Waals surface area contributed by atoms with Crippen LogP contribution in [0.15, 0.2) is 22.7 Å². The second kappa shape index (κ2) is 7.00. The molecule has 0 aliphatic carbocycles. The number of halogens is 2. The van der Waals surface area contributed by atoms with Crippen LogP contribution >= 0.6 is 15.9 Å². The third-order valence-electron chi connectivity index (χ3n) is 3.39. The molecule has 1 aromatic rings. The monoisotopic (exact) mass is 358 g/mol. The predicted molar refractivity (Wildman–Crippen MR) is 78.7 cm³/mol. The summed E-state index contributed by atoms with van der Waals surface area (Å²) in [6, 6.07) is 4.02. The minimum atomic E-state index is -0.873. The van der Waals surface area contributed by atoms with Crippen molar-refractivity contribution in [3.63, 3.8) is 0 Å². The van der Waals surface area contributed by atoms with E-state index in [1.54, 1.807) is 9.80 Å². The maximum absolute atomic E-state index is 13.3. The van der Waals surface area contributed by atoms with Gasteiger partial charge in [0, 0.05) is 30.7 Å². The molecule has 1 aliphatic heterocycles. The summed E-state index contributed by atoms with van der Waals surface area (Å²) in [4.78, 5) is 26.6. The lowest BCUT2D eigenvalue weighted by atomic mass is 10.2. The minimum Gasteiger partial charge on any atom is -0.480 e. The van der Waals surface area contributed by atoms with E-state index < -0.39 is 11.8 Å². The highest BCUT2D eigenvalue weighted by atomic mass is 79.9. The number of carboxylic acid groups (broad SMARTS) is 1. The molecule has 7 heteroatoms. The Kier molecular flexibility index (Phi) is 5.30. The molecule has 2 rings (SSSR count). The molecule has 1 saturated heterocycles. The van der Waals surface area contributed by atoms with Crippen LogP contribution in [0.2, 0.25) is 0 Å². The van der Waals surface area contributed by atoms with Crippen LogP contribution in [0, 0.1) is 5.82 Å². The summed E-state index contributed by atoms with van der Waals surface area (Å²) in [5, 5.41) is 8.81. The van der Waals surface area contributed by atoms with Gasteiger partial charge in [0.25, 0.3) is 5.91 Å². The number of carbonyl (C=O) groups excluding carboxylic acids is 1. The zero-order valence-electron chi connectivity index (χ0n) is 11.4. The minimum absolute atomic E-state index is 0.0221. The number of benzene rings is 1. The summed E-state index contributed by atoms with van der Waals surface area (Å²) < 4.78 is 13.9. The van der Waals surface area contributed by atoms with Gasteiger partial charge in [-0.05, 0) is 40.5 Å². The maximum Gasteiger partial charge on any atom is 0.317 e. The number of carbonyl (C=O) groups is 2. The van der Waals surface area contributed by atoms with Crippen molar-refractivity contribution in [2.45, 2.75) is 6.42 Å². The number of hydrogen-bond donors (Lipinski definition) is 1. The van der Waals surface area contributed by atoms with Crippen LogP contribution < -0.4 is 0 Å². The Morgan fingerprint density at radius 3 is 2.71 bits per heavy atom. The Morgan fingerprint density at radius 1 is 1.24 bits per heavy atom. The van der Waals surface area contributed by atoms with Gasteiger partial charge in [-0.25, -0.2) is 4.39 Å². The van der Waals surface area contributed by atoms with Gasteiger partial charge in [-0.1, -0.05) is 0 Å². The van der Waals surface area contributed by atoms with E-state index in [0.29, 0.717) is 42.6 Å². The number of carboxylic acids is 1. The molecule has 1 fully saturated rings. The molecule has 0 unspecified atom stereocenters. The largest absolute Gasteiger partial charge is 0.480 e. The third-order valence-corrected chi connectivity index (χ3v) is 4.08. The fraction of sp³-hybridized carbons (Fsp3) is 0.429. The smallest absolute Gasteiger partial charge is 0.317 e. The van der Waals surface area contributed by atoms with Gasteiger partial charge in [-0.2, -0.15) is 0 Å². The van der Waals surface area contributed by atoms with Crippen LogP contribution in [0.5, 0.6) is 0 Å². The molecule has 0 spiro atoms. The predicted octanol–water partition coefficient (Wildman–Crippen LogP) is 1.82. The Labute approximate surface area is 130 Å². The van der Waals surface area contributed by atoms with E-state index in [0.717, 1.165) is 0 Å². The van der Waals surface area contributed by atoms with Crippen molar-refractivity contribution in [3.8, 4) is 0 Å². The first-order chi connectivity index (χ1) is 9.97. The number of aliphatic carboxylic acids is 1. The summed E-state index contributed by atoms with van der Waals surface area (Å²) in [7, 11) is 0. The molecule has 1 amide bonds.